The predicted molar refractivity (Wildman–Crippen MR) is 359 cm³/mol. The molecule has 32 nitrogen and oxygen atoms in total. The van der Waals surface area contributed by atoms with Crippen molar-refractivity contribution in [3.05, 3.63) is 102 Å². The van der Waals surface area contributed by atoms with Gasteiger partial charge < -0.3 is 117 Å². The summed E-state index contributed by atoms with van der Waals surface area (Å²) in [5.41, 5.74) is 5.40. The van der Waals surface area contributed by atoms with E-state index in [1.165, 1.54) is 13.0 Å². The van der Waals surface area contributed by atoms with Gasteiger partial charge in [-0.3, -0.25) is 38.6 Å². The number of hydrogen-bond donors (Lipinski definition) is 15. The number of piperazine rings is 1. The molecular weight excluding hydrogens is 1350 g/mol. The van der Waals surface area contributed by atoms with Gasteiger partial charge in [0.15, 0.2) is 11.5 Å². The first-order valence-corrected chi connectivity index (χ1v) is 34.0. The molecule has 4 aromatic rings. The van der Waals surface area contributed by atoms with Gasteiger partial charge in [-0.15, -0.1) is 4.33 Å². The first-order valence-electron chi connectivity index (χ1n) is 33.3. The first kappa shape index (κ1) is 79.7. The van der Waals surface area contributed by atoms with Crippen molar-refractivity contribution in [2.75, 3.05) is 93.4 Å². The Balaban J connectivity index is 0.0000130. The number of fused-ring (bicyclic) bond motifs is 2. The summed E-state index contributed by atoms with van der Waals surface area (Å²) in [6.45, 7) is 8.23. The number of benzene rings is 4. The van der Waals surface area contributed by atoms with E-state index < -0.39 is 184 Å². The first-order chi connectivity index (χ1) is 47.8. The molecule has 15 atom stereocenters. The summed E-state index contributed by atoms with van der Waals surface area (Å²) < 4.78 is 15.1. The van der Waals surface area contributed by atoms with E-state index in [9.17, 15) is 80.0 Å². The van der Waals surface area contributed by atoms with Crippen molar-refractivity contribution in [3.63, 3.8) is 0 Å². The van der Waals surface area contributed by atoms with Crippen molar-refractivity contribution >= 4 is 70.7 Å². The standard InChI is InChI=1S/C67H91N11O21S.Na/c1-36-30-78-59(60(36)87)65(92)69-29-48(82)27-50(70-61(88)43-10-16-46(17-11-43)75-23-21-74(22-24-75)45-12-6-41(7-13-45)42-8-14-47(15-9-42)76-31-37(2)96-38(3)32-76)62(89)71-56(39(4)81)66(93)77-33-49(83)28-51(77)63(90)72-57(54(86)25-40-5-18-52(84)55(26-40)97-100-99-98-95)64(91)73-58(67(78)94)53(85)19-20-68-44(34-79)35-80;/h5-18,26,36-39,44,48-51,53-54,56-60,68,79-87,95H,19-25,27-35H2,1-4H3,(H,69,92)(H,70,88)(H,71,89)(H,72,90)(H,73,91);/q;+1/p-1/t36-,37-,38+,39+,48+,49+,50-,51-,53+,54+,56-,57-,58-,59-,60-;/m0./s1. The molecule has 5 aliphatic heterocycles. The van der Waals surface area contributed by atoms with Gasteiger partial charge in [0.2, 0.25) is 35.4 Å². The van der Waals surface area contributed by atoms with Crippen LogP contribution in [0.5, 0.6) is 11.5 Å². The van der Waals surface area contributed by atoms with Gasteiger partial charge in [-0.25, -0.2) is 0 Å². The number of carbonyl (C=O) groups is 7. The molecule has 0 bridgehead atoms. The molecule has 546 valence electrons. The number of aromatic hydroxyl groups is 1. The number of ether oxygens (including phenoxy) is 1. The number of aliphatic hydroxyl groups excluding tert-OH is 8. The Morgan fingerprint density at radius 3 is 1.82 bits per heavy atom. The normalized spacial score (nSPS) is 26.9. The Morgan fingerprint density at radius 1 is 0.673 bits per heavy atom. The number of aliphatic hydroxyl groups is 8. The Kier molecular flexibility index (Phi) is 29.1. The van der Waals surface area contributed by atoms with Crippen LogP contribution in [0.15, 0.2) is 91.0 Å². The summed E-state index contributed by atoms with van der Waals surface area (Å²) >= 11 is 0.00780. The van der Waals surface area contributed by atoms with Gasteiger partial charge >= 0.3 is 29.6 Å². The summed E-state index contributed by atoms with van der Waals surface area (Å²) in [6, 6.07) is 14.8. The molecule has 0 aliphatic carbocycles. The monoisotopic (exact) mass is 1440 g/mol. The maximum absolute atomic E-state index is 15.0. The zero-order valence-electron chi connectivity index (χ0n) is 56.8. The third-order valence-electron chi connectivity index (χ3n) is 18.7. The molecule has 0 unspecified atom stereocenters. The molecule has 101 heavy (non-hydrogen) atoms. The van der Waals surface area contributed by atoms with Gasteiger partial charge in [-0.1, -0.05) is 37.3 Å². The average Bonchev–Trinajstić information content (AvgIpc) is 1.66. The van der Waals surface area contributed by atoms with E-state index in [4.69, 9.17) is 8.92 Å². The molecule has 7 amide bonds. The molecule has 9 rings (SSSR count). The number of hydrogen-bond acceptors (Lipinski definition) is 26. The van der Waals surface area contributed by atoms with E-state index >= 15 is 4.79 Å². The van der Waals surface area contributed by atoms with E-state index in [1.807, 2.05) is 0 Å². The van der Waals surface area contributed by atoms with Crippen LogP contribution >= 0.6 is 12.3 Å². The second-order valence-electron chi connectivity index (χ2n) is 26.2. The quantitative estimate of drug-likeness (QED) is 0.0121. The number of rotatable bonds is 21. The minimum Gasteiger partial charge on any atom is -0.691 e. The number of phenolic OH excluding ortho intramolecular Hbond substituents is 1. The van der Waals surface area contributed by atoms with Crippen molar-refractivity contribution in [1.82, 2.24) is 41.7 Å². The van der Waals surface area contributed by atoms with Crippen LogP contribution in [0.3, 0.4) is 0 Å². The number of anilines is 3. The molecule has 5 fully saturated rings. The van der Waals surface area contributed by atoms with Crippen LogP contribution in [0.2, 0.25) is 0 Å². The van der Waals surface area contributed by atoms with Crippen molar-refractivity contribution in [1.29, 1.82) is 0 Å². The third kappa shape index (κ3) is 20.5. The molecule has 4 aromatic carbocycles. The van der Waals surface area contributed by atoms with E-state index in [-0.39, 0.29) is 84.1 Å². The van der Waals surface area contributed by atoms with Crippen LogP contribution in [0.25, 0.3) is 11.1 Å². The maximum atomic E-state index is 15.0. The number of amides is 7. The van der Waals surface area contributed by atoms with Gasteiger partial charge in [0.05, 0.1) is 68.1 Å². The smallest absolute Gasteiger partial charge is 0.691 e. The van der Waals surface area contributed by atoms with Crippen LogP contribution in [0.4, 0.5) is 17.1 Å². The SMILES string of the molecule is C[C@@H]1CN(c2ccc(-c3ccc(N4CCN(c5ccc(C(=O)N[C@H]6C[C@@H](O)CNC(=O)[C@@H]7[C@@H](O)[C@@H](C)CN7C(=O)[C@H]([C@H](O)CCNC(CO)CO)NC(=O)[C@H]([C@H](O)Cc7ccc(O)c(OSOO[O-])c7)NC(=O)[C@@H]7C[C@@H](O)CN7C(=O)[C@H]([C@@H](C)O)NC6=O)cc5)CC4)cc3)cc2)C[C@H](C)O1.[Na+]. The second-order valence-corrected chi connectivity index (χ2v) is 26.6. The average molecular weight is 1440 g/mol. The Bertz CT molecular complexity index is 3430. The van der Waals surface area contributed by atoms with Crippen LogP contribution in [0.1, 0.15) is 62.9 Å². The number of carbonyl (C=O) groups excluding carboxylic acids is 7. The zero-order valence-corrected chi connectivity index (χ0v) is 59.6. The fourth-order valence-electron chi connectivity index (χ4n) is 13.3. The van der Waals surface area contributed by atoms with Gasteiger partial charge in [-0.05, 0) is 111 Å². The number of phenols is 1. The molecule has 0 radical (unpaired) electrons. The van der Waals surface area contributed by atoms with E-state index in [2.05, 4.69) is 118 Å². The number of morpholine rings is 1. The molecule has 34 heteroatoms. The number of nitrogens with one attached hydrogen (secondary N) is 6. The fourth-order valence-corrected chi connectivity index (χ4v) is 13.5. The molecule has 15 N–H and O–H groups in total. The summed E-state index contributed by atoms with van der Waals surface area (Å²) in [4.78, 5) is 111. The maximum Gasteiger partial charge on any atom is 1.00 e. The zero-order chi connectivity index (χ0) is 72.1. The minimum absolute atomic E-state index is 0. The second kappa shape index (κ2) is 36.9. The van der Waals surface area contributed by atoms with Crippen LogP contribution in [0, 0.1) is 5.92 Å². The summed E-state index contributed by atoms with van der Waals surface area (Å²) in [5.74, 6) is -9.57. The Morgan fingerprint density at radius 2 is 1.24 bits per heavy atom. The van der Waals surface area contributed by atoms with Crippen molar-refractivity contribution < 1.29 is 133 Å². The fraction of sp³-hybridized carbons (Fsp3) is 0.537. The summed E-state index contributed by atoms with van der Waals surface area (Å²) in [5, 5.41) is 128. The molecule has 0 saturated carbocycles. The predicted octanol–water partition coefficient (Wildman–Crippen LogP) is -6.55. The van der Waals surface area contributed by atoms with Crippen LogP contribution < -0.4 is 85.6 Å². The summed E-state index contributed by atoms with van der Waals surface area (Å²) in [7, 11) is 0. The molecule has 0 aromatic heterocycles. The van der Waals surface area contributed by atoms with Crippen LogP contribution in [-0.4, -0.2) is 267 Å². The minimum atomic E-state index is -2.16. The van der Waals surface area contributed by atoms with Gasteiger partial charge in [0.1, 0.15) is 36.3 Å². The molecule has 0 spiro atoms. The molecular formula is C67H90N11NaO21S. The largest absolute Gasteiger partial charge is 1.00 e. The number of nitrogens with zero attached hydrogens (tertiary/aromatic N) is 5. The molecule has 5 heterocycles. The van der Waals surface area contributed by atoms with Gasteiger partial charge in [0, 0.05) is 107 Å². The number of β-amino-alcohol motifs (C(OH)–C–C–N with tert-alkyl or cyclic N) is 1. The van der Waals surface area contributed by atoms with Crippen LogP contribution in [-0.2, 0) is 49.3 Å². The Labute approximate surface area is 610 Å². The van der Waals surface area contributed by atoms with E-state index in [1.54, 1.807) is 24.3 Å². The molecule has 5 saturated heterocycles. The van der Waals surface area contributed by atoms with Gasteiger partial charge in [-0.2, -0.15) is 0 Å². The van der Waals surface area contributed by atoms with Crippen molar-refractivity contribution in [2.24, 2.45) is 5.92 Å². The van der Waals surface area contributed by atoms with E-state index in [0.29, 0.717) is 26.2 Å². The molecule has 5 aliphatic rings. The topological polar surface area (TPSA) is 450 Å². The third-order valence-corrected chi connectivity index (χ3v) is 19.1. The van der Waals surface area contributed by atoms with Gasteiger partial charge in [0.25, 0.3) is 18.2 Å². The summed E-state index contributed by atoms with van der Waals surface area (Å²) in [6.07, 6.45) is -12.3. The van der Waals surface area contributed by atoms with Crippen molar-refractivity contribution in [2.45, 2.75) is 145 Å². The van der Waals surface area contributed by atoms with Crippen molar-refractivity contribution in [3.8, 4) is 22.6 Å². The van der Waals surface area contributed by atoms with E-state index in [0.717, 1.165) is 70.1 Å². The Hall–Kier alpha value is -7.00.